The molecule has 3 heterocycles. The first-order valence-corrected chi connectivity index (χ1v) is 11.7. The lowest BCUT2D eigenvalue weighted by Gasteiger charge is -2.68. The van der Waals surface area contributed by atoms with E-state index in [-0.39, 0.29) is 40.8 Å². The molecule has 0 aromatic rings. The Morgan fingerprint density at radius 2 is 1.84 bits per heavy atom. The van der Waals surface area contributed by atoms with Crippen molar-refractivity contribution in [1.82, 2.24) is 4.90 Å². The van der Waals surface area contributed by atoms with Crippen molar-refractivity contribution in [2.45, 2.75) is 82.5 Å². The van der Waals surface area contributed by atoms with E-state index in [0.29, 0.717) is 24.8 Å². The Labute approximate surface area is 181 Å². The van der Waals surface area contributed by atoms with Crippen LogP contribution >= 0.6 is 0 Å². The molecule has 2 spiro atoms. The minimum Gasteiger partial charge on any atom is -0.463 e. The van der Waals surface area contributed by atoms with E-state index in [1.165, 1.54) is 13.8 Å². The summed E-state index contributed by atoms with van der Waals surface area (Å²) in [7, 11) is 0. The third-order valence-corrected chi connectivity index (χ3v) is 10.9. The highest BCUT2D eigenvalue weighted by Gasteiger charge is 2.95. The number of rotatable bonds is 2. The summed E-state index contributed by atoms with van der Waals surface area (Å²) in [5, 5.41) is 24.0. The number of hydrogen-bond donors (Lipinski definition) is 2. The highest BCUT2D eigenvalue weighted by molar-refractivity contribution is 5.67. The standard InChI is InChI=1S/C24H31NO6/c1-10-5-22-8-14-17-21(4)6-13(30-11(2)26)7-23(17)18(22)16(31-12(3)27)15(10)19(28)24(22,29)20(23)25(14)9-21/h13-20,28-29H,1,5-9H2,2-4H3/t13-,14-,15+,16+,17+,18+,19+,20-,21-,22+,23-,24-/m0/s1. The third kappa shape index (κ3) is 1.65. The van der Waals surface area contributed by atoms with Gasteiger partial charge >= 0.3 is 11.9 Å². The normalized spacial score (nSPS) is 63.5. The minimum atomic E-state index is -1.25. The Balaban J connectivity index is 1.48. The van der Waals surface area contributed by atoms with Crippen molar-refractivity contribution < 1.29 is 29.3 Å². The molecule has 0 aromatic heterocycles. The van der Waals surface area contributed by atoms with Crippen molar-refractivity contribution in [3.8, 4) is 0 Å². The van der Waals surface area contributed by atoms with Crippen LogP contribution in [-0.4, -0.2) is 69.6 Å². The van der Waals surface area contributed by atoms with Gasteiger partial charge in [0, 0.05) is 55.1 Å². The fraction of sp³-hybridized carbons (Fsp3) is 0.833. The van der Waals surface area contributed by atoms with Gasteiger partial charge in [-0.2, -0.15) is 0 Å². The van der Waals surface area contributed by atoms with E-state index in [1.54, 1.807) is 0 Å². The molecule has 1 unspecified atom stereocenters. The Kier molecular flexibility index (Phi) is 3.10. The van der Waals surface area contributed by atoms with Crippen LogP contribution in [0, 0.1) is 34.0 Å². The third-order valence-electron chi connectivity index (χ3n) is 10.9. The number of piperidine rings is 2. The molecule has 9 aliphatic rings. The van der Waals surface area contributed by atoms with Crippen molar-refractivity contribution in [3.05, 3.63) is 12.2 Å². The number of carbonyl (C=O) groups excluding carboxylic acids is 2. The van der Waals surface area contributed by atoms with Gasteiger partial charge < -0.3 is 19.7 Å². The summed E-state index contributed by atoms with van der Waals surface area (Å²) in [5.74, 6) is -0.782. The van der Waals surface area contributed by atoms with Gasteiger partial charge in [0.15, 0.2) is 0 Å². The zero-order valence-corrected chi connectivity index (χ0v) is 18.3. The van der Waals surface area contributed by atoms with E-state index < -0.39 is 29.1 Å². The monoisotopic (exact) mass is 429 g/mol. The molecule has 3 saturated heterocycles. The van der Waals surface area contributed by atoms with Crippen LogP contribution in [0.15, 0.2) is 12.2 Å². The highest BCUT2D eigenvalue weighted by atomic mass is 16.5. The van der Waals surface area contributed by atoms with Crippen LogP contribution in [0.4, 0.5) is 0 Å². The number of nitrogens with zero attached hydrogens (tertiary/aromatic N) is 1. The predicted molar refractivity (Wildman–Crippen MR) is 107 cm³/mol. The predicted octanol–water partition coefficient (Wildman–Crippen LogP) is 1.02. The van der Waals surface area contributed by atoms with Gasteiger partial charge in [-0.25, -0.2) is 0 Å². The van der Waals surface area contributed by atoms with Gasteiger partial charge in [-0.1, -0.05) is 19.1 Å². The maximum atomic E-state index is 12.4. The zero-order valence-electron chi connectivity index (χ0n) is 18.3. The van der Waals surface area contributed by atoms with Crippen LogP contribution in [0.1, 0.15) is 46.5 Å². The zero-order chi connectivity index (χ0) is 21.9. The molecule has 7 heteroatoms. The molecule has 6 saturated carbocycles. The number of fused-ring (bicyclic) bond motifs is 1. The van der Waals surface area contributed by atoms with Crippen LogP contribution < -0.4 is 0 Å². The molecule has 9 bridgehead atoms. The van der Waals surface area contributed by atoms with E-state index in [1.807, 2.05) is 0 Å². The Morgan fingerprint density at radius 3 is 2.52 bits per heavy atom. The van der Waals surface area contributed by atoms with Gasteiger partial charge in [-0.3, -0.25) is 14.5 Å². The molecule has 0 amide bonds. The molecule has 2 N–H and O–H groups in total. The second-order valence-corrected chi connectivity index (χ2v) is 12.1. The molecule has 7 nitrogen and oxygen atoms in total. The van der Waals surface area contributed by atoms with E-state index in [0.717, 1.165) is 25.0 Å². The summed E-state index contributed by atoms with van der Waals surface area (Å²) < 4.78 is 11.8. The summed E-state index contributed by atoms with van der Waals surface area (Å²) in [6, 6.07) is 0.170. The number of hydrogen-bond acceptors (Lipinski definition) is 7. The molecular formula is C24H31NO6. The van der Waals surface area contributed by atoms with E-state index in [2.05, 4.69) is 18.4 Å². The molecule has 0 radical (unpaired) electrons. The number of carbonyl (C=O) groups is 2. The smallest absolute Gasteiger partial charge is 0.302 e. The van der Waals surface area contributed by atoms with E-state index in [9.17, 15) is 19.8 Å². The number of ether oxygens (including phenoxy) is 2. The lowest BCUT2D eigenvalue weighted by molar-refractivity contribution is -0.283. The average Bonchev–Trinajstić information content (AvgIpc) is 3.04. The first-order valence-electron chi connectivity index (χ1n) is 11.7. The largest absolute Gasteiger partial charge is 0.463 e. The van der Waals surface area contributed by atoms with Gasteiger partial charge in [-0.05, 0) is 37.0 Å². The summed E-state index contributed by atoms with van der Waals surface area (Å²) in [6.45, 7) is 10.3. The minimum absolute atomic E-state index is 0.0169. The van der Waals surface area contributed by atoms with Crippen LogP contribution in [0.5, 0.6) is 0 Å². The topological polar surface area (TPSA) is 96.3 Å². The summed E-state index contributed by atoms with van der Waals surface area (Å²) >= 11 is 0. The molecule has 9 rings (SSSR count). The van der Waals surface area contributed by atoms with E-state index in [4.69, 9.17) is 9.47 Å². The second kappa shape index (κ2) is 5.05. The maximum absolute atomic E-state index is 12.4. The van der Waals surface area contributed by atoms with Gasteiger partial charge in [0.2, 0.25) is 0 Å². The SMILES string of the molecule is C=C1C[C@@]23C[C@H]4[C@@H]5[C@@]6(C)C[C@H](OC(C)=O)C[C@@]57[C@@H]2[C@H](OC(C)=O)[C@@H]1[C@@H](O)[C@]3(O)[C@H]7N4C6. The molecule has 0 aromatic carbocycles. The lowest BCUT2D eigenvalue weighted by atomic mass is 9.39. The van der Waals surface area contributed by atoms with Crippen LogP contribution in [-0.2, 0) is 19.1 Å². The summed E-state index contributed by atoms with van der Waals surface area (Å²) in [4.78, 5) is 26.6. The van der Waals surface area contributed by atoms with Crippen LogP contribution in [0.2, 0.25) is 0 Å². The molecular weight excluding hydrogens is 398 g/mol. The van der Waals surface area contributed by atoms with Crippen LogP contribution in [0.3, 0.4) is 0 Å². The molecule has 31 heavy (non-hydrogen) atoms. The van der Waals surface area contributed by atoms with Crippen molar-refractivity contribution in [2.24, 2.45) is 34.0 Å². The van der Waals surface area contributed by atoms with Crippen molar-refractivity contribution >= 4 is 11.9 Å². The van der Waals surface area contributed by atoms with Crippen molar-refractivity contribution in [3.63, 3.8) is 0 Å². The van der Waals surface area contributed by atoms with Gasteiger partial charge in [0.25, 0.3) is 0 Å². The van der Waals surface area contributed by atoms with Crippen LogP contribution in [0.25, 0.3) is 0 Å². The molecule has 168 valence electrons. The first-order chi connectivity index (χ1) is 14.5. The second-order valence-electron chi connectivity index (χ2n) is 12.1. The number of aliphatic hydroxyl groups excluding tert-OH is 1. The maximum Gasteiger partial charge on any atom is 0.302 e. The lowest BCUT2D eigenvalue weighted by Crippen LogP contribution is -2.77. The van der Waals surface area contributed by atoms with Crippen molar-refractivity contribution in [1.29, 1.82) is 0 Å². The van der Waals surface area contributed by atoms with E-state index >= 15 is 0 Å². The molecule has 6 aliphatic carbocycles. The Bertz CT molecular complexity index is 966. The number of esters is 2. The number of aliphatic hydroxyl groups is 2. The van der Waals surface area contributed by atoms with Crippen molar-refractivity contribution in [2.75, 3.05) is 6.54 Å². The summed E-state index contributed by atoms with van der Waals surface area (Å²) in [5.41, 5.74) is -1.23. The molecule has 9 fully saturated rings. The quantitative estimate of drug-likeness (QED) is 0.500. The molecule has 3 aliphatic heterocycles. The van der Waals surface area contributed by atoms with Gasteiger partial charge in [0.05, 0.1) is 6.10 Å². The molecule has 13 atom stereocenters. The first kappa shape index (κ1) is 19.1. The summed E-state index contributed by atoms with van der Waals surface area (Å²) in [6.07, 6.45) is 1.29. The highest BCUT2D eigenvalue weighted by Crippen LogP contribution is 2.88. The average molecular weight is 430 g/mol. The fourth-order valence-electron chi connectivity index (χ4n) is 11.3. The van der Waals surface area contributed by atoms with Gasteiger partial charge in [0.1, 0.15) is 17.8 Å². The van der Waals surface area contributed by atoms with Gasteiger partial charge in [-0.15, -0.1) is 0 Å². The Morgan fingerprint density at radius 1 is 1.13 bits per heavy atom. The Hall–Kier alpha value is -1.44. The fourth-order valence-corrected chi connectivity index (χ4v) is 11.3.